The van der Waals surface area contributed by atoms with Crippen LogP contribution in [0.25, 0.3) is 0 Å². The van der Waals surface area contributed by atoms with Crippen LogP contribution in [0.15, 0.2) is 60.7 Å². The van der Waals surface area contributed by atoms with E-state index in [0.717, 1.165) is 61.8 Å². The zero-order valence-corrected chi connectivity index (χ0v) is 29.1. The number of aryl methyl sites for hydroxylation is 2. The second-order valence-electron chi connectivity index (χ2n) is 15.1. The number of piperidine rings is 1. The first-order valence-corrected chi connectivity index (χ1v) is 18.5. The third kappa shape index (κ3) is 8.56. The van der Waals surface area contributed by atoms with Gasteiger partial charge in [-0.1, -0.05) is 62.1 Å². The number of hydrogen-bond acceptors (Lipinski definition) is 9. The number of carbonyl (C=O) groups excluding carboxylic acids is 1. The summed E-state index contributed by atoms with van der Waals surface area (Å²) >= 11 is 0. The Morgan fingerprint density at radius 3 is 2.36 bits per heavy atom. The number of ketones is 1. The van der Waals surface area contributed by atoms with Crippen LogP contribution in [0, 0.1) is 5.41 Å². The first-order valence-electron chi connectivity index (χ1n) is 18.5. The number of aromatic hydroxyl groups is 3. The molecule has 3 aromatic rings. The molecule has 1 heterocycles. The molecule has 0 aromatic heterocycles. The minimum Gasteiger partial charge on any atom is -0.504 e. The van der Waals surface area contributed by atoms with Gasteiger partial charge in [0.2, 0.25) is 5.75 Å². The minimum absolute atomic E-state index is 0.000816. The Bertz CT molecular complexity index is 1580. The molecule has 9 heteroatoms. The summed E-state index contributed by atoms with van der Waals surface area (Å²) in [7, 11) is 0. The van der Waals surface area contributed by atoms with E-state index in [-0.39, 0.29) is 71.3 Å². The van der Waals surface area contributed by atoms with Crippen LogP contribution in [0.3, 0.4) is 0 Å². The summed E-state index contributed by atoms with van der Waals surface area (Å²) in [4.78, 5) is 13.0. The van der Waals surface area contributed by atoms with Gasteiger partial charge in [-0.3, -0.25) is 10.5 Å². The Kier molecular flexibility index (Phi) is 11.6. The van der Waals surface area contributed by atoms with Gasteiger partial charge in [0.1, 0.15) is 18.6 Å². The van der Waals surface area contributed by atoms with Crippen LogP contribution in [0.5, 0.6) is 28.7 Å². The van der Waals surface area contributed by atoms with E-state index in [4.69, 9.17) is 15.2 Å². The number of ether oxygens (including phenoxy) is 2. The summed E-state index contributed by atoms with van der Waals surface area (Å²) in [6.07, 6.45) is 11.5. The summed E-state index contributed by atoms with van der Waals surface area (Å²) in [5, 5.41) is 47.3. The van der Waals surface area contributed by atoms with Crippen molar-refractivity contribution in [3.05, 3.63) is 77.4 Å². The fraction of sp³-hybridized carbons (Fsp3) is 0.537. The van der Waals surface area contributed by atoms with Crippen molar-refractivity contribution in [1.82, 2.24) is 5.32 Å². The molecule has 0 unspecified atom stereocenters. The lowest BCUT2D eigenvalue weighted by Gasteiger charge is -2.49. The lowest BCUT2D eigenvalue weighted by Crippen LogP contribution is -2.60. The number of nitrogens with two attached hydrogens (primary N) is 1. The van der Waals surface area contributed by atoms with E-state index < -0.39 is 6.10 Å². The predicted molar refractivity (Wildman–Crippen MR) is 193 cm³/mol. The van der Waals surface area contributed by atoms with E-state index in [1.807, 2.05) is 24.3 Å². The molecule has 9 nitrogen and oxygen atoms in total. The van der Waals surface area contributed by atoms with Gasteiger partial charge in [-0.2, -0.15) is 0 Å². The fourth-order valence-corrected chi connectivity index (χ4v) is 8.78. The van der Waals surface area contributed by atoms with Crippen LogP contribution in [0.4, 0.5) is 0 Å². The van der Waals surface area contributed by atoms with Crippen LogP contribution in [-0.4, -0.2) is 57.2 Å². The van der Waals surface area contributed by atoms with Crippen molar-refractivity contribution in [1.29, 1.82) is 0 Å². The van der Waals surface area contributed by atoms with Crippen molar-refractivity contribution >= 4 is 5.78 Å². The molecule has 0 bridgehead atoms. The highest BCUT2D eigenvalue weighted by Crippen LogP contribution is 2.52. The molecule has 3 atom stereocenters. The molecule has 3 fully saturated rings. The molecule has 2 aliphatic carbocycles. The van der Waals surface area contributed by atoms with Gasteiger partial charge in [0.15, 0.2) is 23.0 Å². The molecule has 0 amide bonds. The third-order valence-corrected chi connectivity index (χ3v) is 11.7. The van der Waals surface area contributed by atoms with E-state index in [2.05, 4.69) is 17.4 Å². The molecule has 3 aromatic carbocycles. The zero-order valence-electron chi connectivity index (χ0n) is 29.1. The van der Waals surface area contributed by atoms with Crippen LogP contribution in [-0.2, 0) is 17.6 Å². The summed E-state index contributed by atoms with van der Waals surface area (Å²) in [5.41, 5.74) is 8.30. The highest BCUT2D eigenvalue weighted by Gasteiger charge is 2.52. The number of Topliss-reactive ketones (excluding diaryl/α,β-unsaturated/α-hetero) is 1. The van der Waals surface area contributed by atoms with E-state index in [0.29, 0.717) is 25.0 Å². The molecule has 1 saturated heterocycles. The summed E-state index contributed by atoms with van der Waals surface area (Å²) in [6, 6.07) is 18.5. The number of hydrogen-bond donors (Lipinski definition) is 6. The number of benzene rings is 3. The lowest BCUT2D eigenvalue weighted by molar-refractivity contribution is -0.121. The first kappa shape index (κ1) is 36.0. The number of carbonyl (C=O) groups is 1. The molecule has 1 aliphatic heterocycles. The maximum Gasteiger partial charge on any atom is 0.200 e. The predicted octanol–water partition coefficient (Wildman–Crippen LogP) is 6.77. The van der Waals surface area contributed by atoms with Gasteiger partial charge in [0, 0.05) is 36.8 Å². The second kappa shape index (κ2) is 16.0. The Hall–Kier alpha value is -3.79. The molecule has 3 aliphatic rings. The van der Waals surface area contributed by atoms with Crippen LogP contribution < -0.4 is 20.5 Å². The maximum atomic E-state index is 13.0. The van der Waals surface area contributed by atoms with Crippen LogP contribution in [0.1, 0.15) is 106 Å². The lowest BCUT2D eigenvalue weighted by atomic mass is 9.70. The van der Waals surface area contributed by atoms with E-state index in [9.17, 15) is 25.2 Å². The van der Waals surface area contributed by atoms with Gasteiger partial charge in [-0.15, -0.1) is 0 Å². The van der Waals surface area contributed by atoms with Gasteiger partial charge < -0.3 is 35.2 Å². The van der Waals surface area contributed by atoms with Crippen molar-refractivity contribution in [2.75, 3.05) is 13.3 Å². The van der Waals surface area contributed by atoms with E-state index in [1.54, 1.807) is 18.2 Å². The van der Waals surface area contributed by atoms with Crippen molar-refractivity contribution in [3.63, 3.8) is 0 Å². The minimum atomic E-state index is -0.895. The molecule has 270 valence electrons. The van der Waals surface area contributed by atoms with Crippen molar-refractivity contribution < 1.29 is 34.7 Å². The maximum absolute atomic E-state index is 13.0. The van der Waals surface area contributed by atoms with Gasteiger partial charge in [-0.25, -0.2) is 0 Å². The van der Waals surface area contributed by atoms with E-state index in [1.165, 1.54) is 31.7 Å². The Labute approximate surface area is 295 Å². The Balaban J connectivity index is 1.18. The largest absolute Gasteiger partial charge is 0.504 e. The van der Waals surface area contributed by atoms with Crippen LogP contribution in [0.2, 0.25) is 0 Å². The number of rotatable bonds is 15. The van der Waals surface area contributed by atoms with Crippen LogP contribution >= 0.6 is 0 Å². The summed E-state index contributed by atoms with van der Waals surface area (Å²) in [6.45, 7) is 0.846. The quantitative estimate of drug-likeness (QED) is 0.0751. The number of aliphatic hydroxyl groups is 1. The Morgan fingerprint density at radius 2 is 1.62 bits per heavy atom. The monoisotopic (exact) mass is 686 g/mol. The topological polar surface area (TPSA) is 154 Å². The fourth-order valence-electron chi connectivity index (χ4n) is 8.78. The molecule has 50 heavy (non-hydrogen) atoms. The van der Waals surface area contributed by atoms with Gasteiger partial charge in [0.25, 0.3) is 0 Å². The average molecular weight is 687 g/mol. The summed E-state index contributed by atoms with van der Waals surface area (Å²) in [5.74, 6) is -0.182. The molecule has 6 rings (SSSR count). The van der Waals surface area contributed by atoms with Crippen molar-refractivity contribution in [3.8, 4) is 28.7 Å². The third-order valence-electron chi connectivity index (χ3n) is 11.7. The highest BCUT2D eigenvalue weighted by molar-refractivity contribution is 5.79. The zero-order chi connectivity index (χ0) is 35.1. The SMILES string of the molecule is NCOc1cc(CCC(=O)C[C@H](O)C[C@H](CCc2ccccc2)c2cc(O)c(O)c(O[C@@H]3CC4(CCCC4)NCC34CCCC4)c2)ccc1O. The molecular weight excluding hydrogens is 632 g/mol. The molecule has 2 spiro atoms. The molecular formula is C41H54N2O7. The summed E-state index contributed by atoms with van der Waals surface area (Å²) < 4.78 is 12.1. The van der Waals surface area contributed by atoms with Gasteiger partial charge in [-0.05, 0) is 98.2 Å². The smallest absolute Gasteiger partial charge is 0.200 e. The number of phenols is 3. The molecule has 7 N–H and O–H groups in total. The molecule has 2 saturated carbocycles. The number of nitrogens with one attached hydrogen (secondary N) is 1. The normalized spacial score (nSPS) is 20.6. The van der Waals surface area contributed by atoms with Crippen molar-refractivity contribution in [2.45, 2.75) is 120 Å². The van der Waals surface area contributed by atoms with Gasteiger partial charge >= 0.3 is 0 Å². The second-order valence-corrected chi connectivity index (χ2v) is 15.1. The van der Waals surface area contributed by atoms with Gasteiger partial charge in [0.05, 0.1) is 6.10 Å². The Morgan fingerprint density at radius 1 is 0.880 bits per heavy atom. The van der Waals surface area contributed by atoms with Crippen molar-refractivity contribution in [2.24, 2.45) is 11.1 Å². The highest BCUT2D eigenvalue weighted by atomic mass is 16.5. The molecule has 0 radical (unpaired) electrons. The van der Waals surface area contributed by atoms with E-state index >= 15 is 0 Å². The standard InChI is InChI=1S/C41H54N2O7/c42-27-49-36-20-29(12-15-34(36)46)11-14-32(44)24-33(45)21-30(13-10-28-8-2-1-3-9-28)31-22-35(47)39(48)37(23-31)50-38-25-41(18-6-7-19-41)43-26-40(38)16-4-5-17-40/h1-3,8-9,12,15,20,22-23,30,33,38,43,45-48H,4-7,10-11,13-14,16-19,21,24-27,42H2/t30-,33+,38+/m0/s1. The average Bonchev–Trinajstić information content (AvgIpc) is 3.78. The number of phenolic OH excluding ortho intramolecular Hbond substituents is 3. The number of aliphatic hydroxyl groups excluding tert-OH is 1. The first-order chi connectivity index (χ1) is 24.2.